The molecule has 1 aromatic heterocycles. The molecule has 1 atom stereocenters. The zero-order valence-electron chi connectivity index (χ0n) is 22.9. The molecule has 0 saturated heterocycles. The van der Waals surface area contributed by atoms with E-state index in [0.717, 1.165) is 43.7 Å². The van der Waals surface area contributed by atoms with Gasteiger partial charge in [-0.25, -0.2) is 4.79 Å². The van der Waals surface area contributed by atoms with Crippen LogP contribution in [0, 0.1) is 20.8 Å². The topological polar surface area (TPSA) is 114 Å². The predicted octanol–water partition coefficient (Wildman–Crippen LogP) is 0.368. The third kappa shape index (κ3) is 7.74. The quantitative estimate of drug-likeness (QED) is 0.271. The Balaban J connectivity index is 0.00000420. The second-order valence-corrected chi connectivity index (χ2v) is 9.16. The van der Waals surface area contributed by atoms with Gasteiger partial charge in [0.1, 0.15) is 30.8 Å². The number of aliphatic hydroxyl groups is 1. The minimum atomic E-state index is -0.903. The van der Waals surface area contributed by atoms with Crippen molar-refractivity contribution >= 4 is 0 Å². The molecule has 0 amide bonds. The number of hydrogen-bond donors (Lipinski definition) is 1. The predicted molar refractivity (Wildman–Crippen MR) is 142 cm³/mol. The summed E-state index contributed by atoms with van der Waals surface area (Å²) in [5, 5.41) is 9.88. The summed E-state index contributed by atoms with van der Waals surface area (Å²) in [4.78, 5) is 25.9. The van der Waals surface area contributed by atoms with E-state index in [1.165, 1.54) is 0 Å². The first-order chi connectivity index (χ1) is 18.2. The van der Waals surface area contributed by atoms with Gasteiger partial charge < -0.3 is 28.8 Å². The van der Waals surface area contributed by atoms with Gasteiger partial charge in [-0.2, -0.15) is 0 Å². The van der Waals surface area contributed by atoms with Crippen LogP contribution in [0.4, 0.5) is 0 Å². The second-order valence-electron chi connectivity index (χ2n) is 9.16. The summed E-state index contributed by atoms with van der Waals surface area (Å²) in [5.41, 5.74) is 6.67. The molecule has 39 heavy (non-hydrogen) atoms. The van der Waals surface area contributed by atoms with Crippen molar-refractivity contribution in [3.8, 4) is 22.6 Å². The second kappa shape index (κ2) is 13.8. The van der Waals surface area contributed by atoms with Crippen LogP contribution in [0.15, 0.2) is 68.7 Å². The fourth-order valence-electron chi connectivity index (χ4n) is 4.38. The van der Waals surface area contributed by atoms with Crippen LogP contribution in [0.5, 0.6) is 11.5 Å². The monoisotopic (exact) mass is 542 g/mol. The molecule has 0 bridgehead atoms. The van der Waals surface area contributed by atoms with Gasteiger partial charge in [-0.3, -0.25) is 9.53 Å². The summed E-state index contributed by atoms with van der Waals surface area (Å²) in [6.07, 6.45) is -0.680. The summed E-state index contributed by atoms with van der Waals surface area (Å²) in [6.45, 7) is 7.08. The molecule has 0 radical (unpaired) electrons. The number of rotatable bonds is 11. The third-order valence-electron chi connectivity index (χ3n) is 6.26. The van der Waals surface area contributed by atoms with E-state index in [-0.39, 0.29) is 49.3 Å². The number of hydrogen-bond acceptors (Lipinski definition) is 7. The summed E-state index contributed by atoms with van der Waals surface area (Å²) < 4.78 is 22.4. The molecule has 4 aromatic rings. The van der Waals surface area contributed by atoms with Crippen LogP contribution in [0.3, 0.4) is 0 Å². The van der Waals surface area contributed by atoms with Crippen LogP contribution < -0.4 is 55.5 Å². The number of ether oxygens (including phenoxy) is 3. The first-order valence-electron chi connectivity index (χ1n) is 12.2. The first-order valence-corrected chi connectivity index (χ1v) is 12.2. The number of aryl methyl sites for hydroxylation is 2. The van der Waals surface area contributed by atoms with Gasteiger partial charge in [0.15, 0.2) is 5.69 Å². The molecule has 1 N–H and O–H groups in total. The summed E-state index contributed by atoms with van der Waals surface area (Å²) >= 11 is 0. The van der Waals surface area contributed by atoms with Crippen molar-refractivity contribution < 1.29 is 53.4 Å². The Kier molecular flexibility index (Phi) is 10.8. The molecule has 3 aromatic carbocycles. The molecule has 0 aliphatic carbocycles. The van der Waals surface area contributed by atoms with Crippen molar-refractivity contribution in [2.24, 2.45) is 0 Å². The van der Waals surface area contributed by atoms with E-state index in [0.29, 0.717) is 18.1 Å². The van der Waals surface area contributed by atoms with Crippen molar-refractivity contribution in [3.63, 3.8) is 0 Å². The molecule has 200 valence electrons. The van der Waals surface area contributed by atoms with Crippen LogP contribution >= 0.6 is 0 Å². The van der Waals surface area contributed by atoms with E-state index < -0.39 is 17.5 Å². The minimum Gasteiger partial charge on any atom is -0.491 e. The molecule has 0 fully saturated rings. The molecule has 1 heterocycles. The Bertz CT molecular complexity index is 1480. The van der Waals surface area contributed by atoms with Crippen molar-refractivity contribution in [1.29, 1.82) is 0 Å². The Morgan fingerprint density at radius 3 is 2.26 bits per heavy atom. The SMILES string of the molecule is COC[C@@H](O)COc1cc(C)c(-c2cccc(COc3ccc(Cn4oc(=O)[n-]c4=O)cc3)c2C)c(C)c1.[Na+]. The van der Waals surface area contributed by atoms with Gasteiger partial charge in [0.05, 0.1) is 6.61 Å². The molecule has 4 rings (SSSR count). The Morgan fingerprint density at radius 1 is 0.949 bits per heavy atom. The fraction of sp³-hybridized carbons (Fsp3) is 0.310. The minimum absolute atomic E-state index is 0. The zero-order chi connectivity index (χ0) is 27.2. The van der Waals surface area contributed by atoms with Crippen LogP contribution in [0.2, 0.25) is 0 Å². The third-order valence-corrected chi connectivity index (χ3v) is 6.26. The normalized spacial score (nSPS) is 11.6. The van der Waals surface area contributed by atoms with E-state index in [1.807, 2.05) is 48.5 Å². The summed E-state index contributed by atoms with van der Waals surface area (Å²) in [7, 11) is 1.54. The van der Waals surface area contributed by atoms with Crippen LogP contribution in [-0.4, -0.2) is 36.3 Å². The Morgan fingerprint density at radius 2 is 1.64 bits per heavy atom. The van der Waals surface area contributed by atoms with E-state index in [9.17, 15) is 14.7 Å². The smallest absolute Gasteiger partial charge is 0.491 e. The molecule has 0 aliphatic rings. The standard InChI is InChI=1S/C29H32N2O7.Na/c1-18-12-25(37-17-23(32)16-35-4)13-19(2)27(18)26-7-5-6-22(20(26)3)15-36-24-10-8-21(9-11-24)14-31-28(33)30-29(34)38-31;/h5-13,23,32H,14-17H2,1-4H3,(H,30,33,34);/q;+1/p-1/t23-;/m1./s1. The number of nitrogens with zero attached hydrogens (tertiary/aromatic N) is 2. The van der Waals surface area contributed by atoms with Crippen LogP contribution in [0.25, 0.3) is 11.1 Å². The van der Waals surface area contributed by atoms with E-state index in [4.69, 9.17) is 18.7 Å². The summed E-state index contributed by atoms with van der Waals surface area (Å²) in [5.74, 6) is 0.485. The number of aromatic nitrogens is 2. The average Bonchev–Trinajstić information content (AvgIpc) is 3.19. The molecule has 0 aliphatic heterocycles. The molecule has 9 nitrogen and oxygen atoms in total. The van der Waals surface area contributed by atoms with Crippen LogP contribution in [-0.2, 0) is 17.9 Å². The van der Waals surface area contributed by atoms with Gasteiger partial charge in [0, 0.05) is 13.7 Å². The maximum Gasteiger partial charge on any atom is 1.00 e. The molecule has 0 unspecified atom stereocenters. The van der Waals surface area contributed by atoms with E-state index in [1.54, 1.807) is 7.11 Å². The van der Waals surface area contributed by atoms with Gasteiger partial charge in [0.25, 0.3) is 0 Å². The maximum atomic E-state index is 11.6. The maximum absolute atomic E-state index is 11.6. The number of benzene rings is 3. The van der Waals surface area contributed by atoms with Gasteiger partial charge in [0.2, 0.25) is 0 Å². The number of aliphatic hydroxyl groups excluding tert-OH is 1. The van der Waals surface area contributed by atoms with Crippen molar-refractivity contribution in [3.05, 3.63) is 103 Å². The van der Waals surface area contributed by atoms with Gasteiger partial charge in [-0.05, 0) is 84.0 Å². The molecule has 10 heteroatoms. The van der Waals surface area contributed by atoms with E-state index in [2.05, 4.69) is 31.8 Å². The van der Waals surface area contributed by atoms with Crippen molar-refractivity contribution in [1.82, 2.24) is 9.72 Å². The van der Waals surface area contributed by atoms with Gasteiger partial charge >= 0.3 is 35.3 Å². The zero-order valence-corrected chi connectivity index (χ0v) is 24.9. The van der Waals surface area contributed by atoms with Gasteiger partial charge in [-0.15, -0.1) is 0 Å². The number of methoxy groups -OCH3 is 1. The summed E-state index contributed by atoms with van der Waals surface area (Å²) in [6, 6.07) is 17.4. The fourth-order valence-corrected chi connectivity index (χ4v) is 4.38. The van der Waals surface area contributed by atoms with Crippen molar-refractivity contribution in [2.75, 3.05) is 20.3 Å². The van der Waals surface area contributed by atoms with E-state index >= 15 is 0 Å². The molecular formula is C29H31N2NaO7. The van der Waals surface area contributed by atoms with Crippen molar-refractivity contribution in [2.45, 2.75) is 40.0 Å². The molecule has 0 spiro atoms. The first kappa shape index (κ1) is 30.5. The van der Waals surface area contributed by atoms with Crippen LogP contribution in [0.1, 0.15) is 27.8 Å². The Hall–Kier alpha value is -3.08. The largest absolute Gasteiger partial charge is 1.00 e. The average molecular weight is 543 g/mol. The molecule has 0 saturated carbocycles. The Labute approximate surface area is 248 Å². The van der Waals surface area contributed by atoms with Gasteiger partial charge in [-0.1, -0.05) is 30.3 Å². The molecular weight excluding hydrogens is 511 g/mol.